The Hall–Kier alpha value is -1.82. The number of aliphatic imine (C=N–C) groups is 1. The zero-order valence-electron chi connectivity index (χ0n) is 13.2. The zero-order valence-corrected chi connectivity index (χ0v) is 14.0. The molecule has 120 valence electrons. The molecule has 5 nitrogen and oxygen atoms in total. The maximum atomic E-state index is 12.5. The third kappa shape index (κ3) is 2.65. The van der Waals surface area contributed by atoms with Gasteiger partial charge < -0.3 is 4.90 Å². The Bertz CT molecular complexity index is 681. The van der Waals surface area contributed by atoms with Crippen LogP contribution in [-0.2, 0) is 4.79 Å². The predicted molar refractivity (Wildman–Crippen MR) is 94.1 cm³/mol. The second-order valence-corrected chi connectivity index (χ2v) is 7.45. The van der Waals surface area contributed by atoms with Gasteiger partial charge in [0, 0.05) is 31.3 Å². The highest BCUT2D eigenvalue weighted by atomic mass is 32.2. The molecule has 1 aromatic rings. The number of hydrogen-bond acceptors (Lipinski definition) is 5. The summed E-state index contributed by atoms with van der Waals surface area (Å²) in [6.07, 6.45) is 5.08. The van der Waals surface area contributed by atoms with Crippen molar-refractivity contribution in [3.05, 3.63) is 29.8 Å². The highest BCUT2D eigenvalue weighted by molar-refractivity contribution is 8.14. The van der Waals surface area contributed by atoms with E-state index in [1.165, 1.54) is 17.3 Å². The minimum atomic E-state index is -0.131. The number of likely N-dealkylation sites (tertiary alicyclic amines) is 1. The SMILES string of the molecule is CC(SC1=Nc2ccccc2C2CC=NN12)C(=O)N1CCCC1. The van der Waals surface area contributed by atoms with E-state index in [1.807, 2.05) is 41.2 Å². The van der Waals surface area contributed by atoms with Crippen molar-refractivity contribution >= 4 is 34.7 Å². The Labute approximate surface area is 140 Å². The van der Waals surface area contributed by atoms with Crippen molar-refractivity contribution in [2.24, 2.45) is 10.1 Å². The van der Waals surface area contributed by atoms with Crippen LogP contribution in [0.3, 0.4) is 0 Å². The standard InChI is InChI=1S/C17H20N4OS/c1-12(16(22)20-10-4-5-11-20)23-17-19-14-7-3-2-6-13(14)15-8-9-18-21(15)17/h2-3,6-7,9,12,15H,4-5,8,10-11H2,1H3. The van der Waals surface area contributed by atoms with E-state index in [4.69, 9.17) is 4.99 Å². The van der Waals surface area contributed by atoms with Crippen LogP contribution in [0.4, 0.5) is 5.69 Å². The van der Waals surface area contributed by atoms with E-state index in [-0.39, 0.29) is 17.2 Å². The van der Waals surface area contributed by atoms with E-state index in [1.54, 1.807) is 0 Å². The van der Waals surface area contributed by atoms with Crippen molar-refractivity contribution in [2.75, 3.05) is 13.1 Å². The molecule has 0 aliphatic carbocycles. The largest absolute Gasteiger partial charge is 0.342 e. The summed E-state index contributed by atoms with van der Waals surface area (Å²) in [4.78, 5) is 19.3. The Balaban J connectivity index is 1.57. The number of thioether (sulfide) groups is 1. The van der Waals surface area contributed by atoms with E-state index in [0.29, 0.717) is 0 Å². The van der Waals surface area contributed by atoms with Gasteiger partial charge in [-0.3, -0.25) is 4.79 Å². The van der Waals surface area contributed by atoms with Crippen LogP contribution in [0.5, 0.6) is 0 Å². The van der Waals surface area contributed by atoms with Gasteiger partial charge in [0.2, 0.25) is 5.91 Å². The molecule has 2 unspecified atom stereocenters. The molecule has 3 heterocycles. The number of nitrogens with zero attached hydrogens (tertiary/aromatic N) is 4. The van der Waals surface area contributed by atoms with Crippen molar-refractivity contribution in [1.29, 1.82) is 0 Å². The van der Waals surface area contributed by atoms with E-state index in [2.05, 4.69) is 11.2 Å². The van der Waals surface area contributed by atoms with Crippen molar-refractivity contribution in [3.8, 4) is 0 Å². The number of carbonyl (C=O) groups is 1. The van der Waals surface area contributed by atoms with Gasteiger partial charge in [0.25, 0.3) is 0 Å². The minimum absolute atomic E-state index is 0.131. The van der Waals surface area contributed by atoms with Crippen LogP contribution >= 0.6 is 11.8 Å². The summed E-state index contributed by atoms with van der Waals surface area (Å²) in [5.74, 6) is 0.216. The van der Waals surface area contributed by atoms with Crippen LogP contribution in [0.15, 0.2) is 34.4 Å². The van der Waals surface area contributed by atoms with Gasteiger partial charge >= 0.3 is 0 Å². The first kappa shape index (κ1) is 14.8. The van der Waals surface area contributed by atoms with Gasteiger partial charge in [-0.25, -0.2) is 10.0 Å². The quantitative estimate of drug-likeness (QED) is 0.838. The minimum Gasteiger partial charge on any atom is -0.342 e. The van der Waals surface area contributed by atoms with Crippen LogP contribution in [0.2, 0.25) is 0 Å². The highest BCUT2D eigenvalue weighted by Gasteiger charge is 2.35. The Morgan fingerprint density at radius 3 is 2.91 bits per heavy atom. The van der Waals surface area contributed by atoms with Gasteiger partial charge in [0.05, 0.1) is 17.0 Å². The van der Waals surface area contributed by atoms with Crippen molar-refractivity contribution in [1.82, 2.24) is 9.91 Å². The first-order valence-electron chi connectivity index (χ1n) is 8.19. The number of amides is 1. The Kier molecular flexibility index (Phi) is 3.85. The lowest BCUT2D eigenvalue weighted by Crippen LogP contribution is -2.36. The zero-order chi connectivity index (χ0) is 15.8. The molecule has 0 aromatic heterocycles. The number of fused-ring (bicyclic) bond motifs is 3. The molecule has 6 heteroatoms. The average molecular weight is 328 g/mol. The van der Waals surface area contributed by atoms with Crippen molar-refractivity contribution in [3.63, 3.8) is 0 Å². The van der Waals surface area contributed by atoms with E-state index in [9.17, 15) is 4.79 Å². The number of para-hydroxylation sites is 1. The summed E-state index contributed by atoms with van der Waals surface area (Å²) < 4.78 is 0. The first-order chi connectivity index (χ1) is 11.2. The molecule has 4 rings (SSSR count). The molecule has 0 saturated carbocycles. The molecule has 1 fully saturated rings. The lowest BCUT2D eigenvalue weighted by Gasteiger charge is -2.31. The molecule has 23 heavy (non-hydrogen) atoms. The van der Waals surface area contributed by atoms with Crippen LogP contribution in [0, 0.1) is 0 Å². The third-order valence-corrected chi connectivity index (χ3v) is 5.63. The summed E-state index contributed by atoms with van der Waals surface area (Å²) in [6, 6.07) is 8.43. The van der Waals surface area contributed by atoms with Crippen LogP contribution in [0.1, 0.15) is 37.8 Å². The van der Waals surface area contributed by atoms with E-state index >= 15 is 0 Å². The molecule has 0 bridgehead atoms. The maximum Gasteiger partial charge on any atom is 0.235 e. The van der Waals surface area contributed by atoms with Crippen molar-refractivity contribution in [2.45, 2.75) is 37.5 Å². The summed E-state index contributed by atoms with van der Waals surface area (Å²) in [6.45, 7) is 3.76. The molecule has 2 atom stereocenters. The molecule has 1 aromatic carbocycles. The number of carbonyl (C=O) groups excluding carboxylic acids is 1. The second-order valence-electron chi connectivity index (χ2n) is 6.14. The Morgan fingerprint density at radius 2 is 2.09 bits per heavy atom. The van der Waals surface area contributed by atoms with Gasteiger partial charge in [-0.1, -0.05) is 30.0 Å². The predicted octanol–water partition coefficient (Wildman–Crippen LogP) is 3.16. The fraction of sp³-hybridized carbons (Fsp3) is 0.471. The molecule has 3 aliphatic heterocycles. The number of hydrogen-bond donors (Lipinski definition) is 0. The molecule has 0 radical (unpaired) electrons. The van der Waals surface area contributed by atoms with Crippen LogP contribution in [0.25, 0.3) is 0 Å². The van der Waals surface area contributed by atoms with Crippen molar-refractivity contribution < 1.29 is 4.79 Å². The third-order valence-electron chi connectivity index (χ3n) is 4.59. The average Bonchev–Trinajstić information content (AvgIpc) is 3.26. The van der Waals surface area contributed by atoms with Gasteiger partial charge in [0.15, 0.2) is 5.17 Å². The van der Waals surface area contributed by atoms with Gasteiger partial charge in [-0.05, 0) is 25.8 Å². The monoisotopic (exact) mass is 328 g/mol. The molecule has 1 amide bonds. The number of amidine groups is 1. The van der Waals surface area contributed by atoms with Gasteiger partial charge in [0.1, 0.15) is 0 Å². The Morgan fingerprint density at radius 1 is 1.30 bits per heavy atom. The van der Waals surface area contributed by atoms with Gasteiger partial charge in [-0.15, -0.1) is 0 Å². The smallest absolute Gasteiger partial charge is 0.235 e. The molecular weight excluding hydrogens is 308 g/mol. The summed E-state index contributed by atoms with van der Waals surface area (Å²) in [5.41, 5.74) is 2.22. The number of benzene rings is 1. The van der Waals surface area contributed by atoms with E-state index < -0.39 is 0 Å². The second kappa shape index (κ2) is 6.00. The molecular formula is C17H20N4OS. The maximum absolute atomic E-state index is 12.5. The first-order valence-corrected chi connectivity index (χ1v) is 9.07. The normalized spacial score (nSPS) is 23.5. The summed E-state index contributed by atoms with van der Waals surface area (Å²) in [7, 11) is 0. The number of rotatable bonds is 2. The van der Waals surface area contributed by atoms with Crippen LogP contribution < -0.4 is 0 Å². The molecule has 0 spiro atoms. The fourth-order valence-electron chi connectivity index (χ4n) is 3.37. The molecule has 3 aliphatic rings. The van der Waals surface area contributed by atoms with E-state index in [0.717, 1.165) is 43.2 Å². The summed E-state index contributed by atoms with van der Waals surface area (Å²) >= 11 is 1.53. The topological polar surface area (TPSA) is 48.3 Å². The van der Waals surface area contributed by atoms with Crippen LogP contribution in [-0.4, -0.2) is 45.5 Å². The summed E-state index contributed by atoms with van der Waals surface area (Å²) in [5, 5.41) is 7.16. The molecule has 0 N–H and O–H groups in total. The lowest BCUT2D eigenvalue weighted by atomic mass is 10.0. The lowest BCUT2D eigenvalue weighted by molar-refractivity contribution is -0.129. The fourth-order valence-corrected chi connectivity index (χ4v) is 4.37. The van der Waals surface area contributed by atoms with Gasteiger partial charge in [-0.2, -0.15) is 5.10 Å². The molecule has 1 saturated heterocycles. The highest BCUT2D eigenvalue weighted by Crippen LogP contribution is 2.41. The number of hydrazone groups is 1.